The Morgan fingerprint density at radius 1 is 1.71 bits per heavy atom. The number of rotatable bonds is 2. The number of nitrogens with two attached hydrogens (primary N) is 1. The molecule has 0 fully saturated rings. The van der Waals surface area contributed by atoms with Crippen LogP contribution in [0.2, 0.25) is 0 Å². The zero-order valence-corrected chi connectivity index (χ0v) is 4.81. The first-order valence-corrected chi connectivity index (χ1v) is 2.40. The van der Waals surface area contributed by atoms with Crippen molar-refractivity contribution in [3.8, 4) is 0 Å². The fourth-order valence-corrected chi connectivity index (χ4v) is 0.248. The molecule has 0 spiro atoms. The Hall–Kier alpha value is -0.500. The molecule has 0 saturated heterocycles. The maximum Gasteiger partial charge on any atom is 0.0709 e. The van der Waals surface area contributed by atoms with Gasteiger partial charge in [-0.25, -0.2) is 0 Å². The molecule has 0 aliphatic heterocycles. The molecule has 0 aliphatic carbocycles. The van der Waals surface area contributed by atoms with Crippen LogP contribution in [0.4, 0.5) is 0 Å². The molecule has 0 rings (SSSR count). The van der Waals surface area contributed by atoms with Crippen molar-refractivity contribution in [1.82, 2.24) is 5.32 Å². The van der Waals surface area contributed by atoms with Gasteiger partial charge in [-0.1, -0.05) is 6.08 Å². The number of allylic oxidation sites excluding steroid dienone is 1. The number of nitrogens with one attached hydrogen (secondary N) is 1. The van der Waals surface area contributed by atoms with Crippen LogP contribution in [-0.4, -0.2) is 6.17 Å². The maximum absolute atomic E-state index is 5.32. The van der Waals surface area contributed by atoms with Gasteiger partial charge in [0.25, 0.3) is 0 Å². The highest BCUT2D eigenvalue weighted by molar-refractivity contribution is 4.74. The summed E-state index contributed by atoms with van der Waals surface area (Å²) in [4.78, 5) is 0. The van der Waals surface area contributed by atoms with Crippen LogP contribution in [0.1, 0.15) is 13.8 Å². The Morgan fingerprint density at radius 2 is 2.29 bits per heavy atom. The van der Waals surface area contributed by atoms with E-state index in [2.05, 4.69) is 5.32 Å². The van der Waals surface area contributed by atoms with Crippen molar-refractivity contribution in [3.63, 3.8) is 0 Å². The van der Waals surface area contributed by atoms with E-state index in [1.54, 1.807) is 0 Å². The average molecular weight is 100 g/mol. The average Bonchev–Trinajstić information content (AvgIpc) is 1.61. The van der Waals surface area contributed by atoms with Crippen LogP contribution in [-0.2, 0) is 0 Å². The smallest absolute Gasteiger partial charge is 0.0709 e. The van der Waals surface area contributed by atoms with Crippen LogP contribution >= 0.6 is 0 Å². The lowest BCUT2D eigenvalue weighted by molar-refractivity contribution is 0.670. The largest absolute Gasteiger partial charge is 0.377 e. The summed E-state index contributed by atoms with van der Waals surface area (Å²) in [7, 11) is 0. The molecule has 3 N–H and O–H groups in total. The van der Waals surface area contributed by atoms with Gasteiger partial charge in [0.05, 0.1) is 6.17 Å². The molecule has 2 heteroatoms. The third-order valence-corrected chi connectivity index (χ3v) is 0.526. The summed E-state index contributed by atoms with van der Waals surface area (Å²) < 4.78 is 0. The predicted octanol–water partition coefficient (Wildman–Crippen LogP) is 0.414. The second-order valence-electron chi connectivity index (χ2n) is 1.46. The lowest BCUT2D eigenvalue weighted by atomic mass is 10.6. The predicted molar refractivity (Wildman–Crippen MR) is 31.6 cm³/mol. The molecule has 7 heavy (non-hydrogen) atoms. The van der Waals surface area contributed by atoms with Crippen LogP contribution in [0, 0.1) is 0 Å². The molecular weight excluding hydrogens is 88.1 g/mol. The Bertz CT molecular complexity index is 57.1. The van der Waals surface area contributed by atoms with E-state index in [1.165, 1.54) is 0 Å². The molecule has 0 aliphatic rings. The molecule has 0 aromatic carbocycles. The molecular formula is C5H12N2. The van der Waals surface area contributed by atoms with E-state index in [1.807, 2.05) is 26.1 Å². The summed E-state index contributed by atoms with van der Waals surface area (Å²) in [6.45, 7) is 3.83. The molecule has 0 bridgehead atoms. The van der Waals surface area contributed by atoms with Crippen LogP contribution < -0.4 is 11.1 Å². The van der Waals surface area contributed by atoms with Crippen LogP contribution in [0.5, 0.6) is 0 Å². The van der Waals surface area contributed by atoms with E-state index in [4.69, 9.17) is 5.73 Å². The van der Waals surface area contributed by atoms with Crippen LogP contribution in [0.3, 0.4) is 0 Å². The molecule has 0 heterocycles. The lowest BCUT2D eigenvalue weighted by Crippen LogP contribution is -2.29. The second kappa shape index (κ2) is 3.68. The second-order valence-corrected chi connectivity index (χ2v) is 1.46. The summed E-state index contributed by atoms with van der Waals surface area (Å²) in [6, 6.07) is 0. The van der Waals surface area contributed by atoms with Crippen molar-refractivity contribution in [2.75, 3.05) is 0 Å². The molecule has 2 nitrogen and oxygen atoms in total. The van der Waals surface area contributed by atoms with Crippen molar-refractivity contribution >= 4 is 0 Å². The Balaban J connectivity index is 2.97. The fraction of sp³-hybridized carbons (Fsp3) is 0.600. The first-order valence-electron chi connectivity index (χ1n) is 2.40. The Morgan fingerprint density at radius 3 is 2.43 bits per heavy atom. The van der Waals surface area contributed by atoms with Gasteiger partial charge in [0.1, 0.15) is 0 Å². The highest BCUT2D eigenvalue weighted by Crippen LogP contribution is 1.65. The monoisotopic (exact) mass is 100 g/mol. The third-order valence-electron chi connectivity index (χ3n) is 0.526. The summed E-state index contributed by atoms with van der Waals surface area (Å²) in [5.41, 5.74) is 5.32. The zero-order valence-electron chi connectivity index (χ0n) is 4.81. The highest BCUT2D eigenvalue weighted by atomic mass is 15.0. The molecule has 0 amide bonds. The Kier molecular flexibility index (Phi) is 3.42. The van der Waals surface area contributed by atoms with E-state index in [9.17, 15) is 0 Å². The normalized spacial score (nSPS) is 14.7. The summed E-state index contributed by atoms with van der Waals surface area (Å²) in [5.74, 6) is 0. The fourth-order valence-electron chi connectivity index (χ4n) is 0.248. The first-order chi connectivity index (χ1) is 3.27. The molecule has 0 aromatic heterocycles. The van der Waals surface area contributed by atoms with Crippen molar-refractivity contribution in [3.05, 3.63) is 12.3 Å². The summed E-state index contributed by atoms with van der Waals surface area (Å²) >= 11 is 0. The topological polar surface area (TPSA) is 38.0 Å². The van der Waals surface area contributed by atoms with E-state index in [-0.39, 0.29) is 6.17 Å². The van der Waals surface area contributed by atoms with E-state index in [0.717, 1.165) is 0 Å². The standard InChI is InChI=1S/C5H12N2/c1-3-4-7-5(2)6/h3-5,7H,6H2,1-2H3. The van der Waals surface area contributed by atoms with E-state index >= 15 is 0 Å². The summed E-state index contributed by atoms with van der Waals surface area (Å²) in [6.07, 6.45) is 3.80. The first kappa shape index (κ1) is 6.50. The number of hydrogen-bond acceptors (Lipinski definition) is 2. The van der Waals surface area contributed by atoms with Gasteiger partial charge >= 0.3 is 0 Å². The van der Waals surface area contributed by atoms with Gasteiger partial charge in [0, 0.05) is 0 Å². The van der Waals surface area contributed by atoms with Crippen molar-refractivity contribution in [2.45, 2.75) is 20.0 Å². The van der Waals surface area contributed by atoms with Crippen molar-refractivity contribution in [1.29, 1.82) is 0 Å². The van der Waals surface area contributed by atoms with E-state index in [0.29, 0.717) is 0 Å². The minimum absolute atomic E-state index is 0.0659. The lowest BCUT2D eigenvalue weighted by Gasteiger charge is -2.00. The minimum Gasteiger partial charge on any atom is -0.377 e. The van der Waals surface area contributed by atoms with Crippen molar-refractivity contribution in [2.24, 2.45) is 5.73 Å². The zero-order chi connectivity index (χ0) is 5.70. The number of hydrogen-bond donors (Lipinski definition) is 2. The quantitative estimate of drug-likeness (QED) is 0.493. The van der Waals surface area contributed by atoms with Gasteiger partial charge in [-0.05, 0) is 20.0 Å². The SMILES string of the molecule is CC=CNC(C)N. The molecule has 42 valence electrons. The van der Waals surface area contributed by atoms with Crippen molar-refractivity contribution < 1.29 is 0 Å². The molecule has 0 radical (unpaired) electrons. The highest BCUT2D eigenvalue weighted by Gasteiger charge is 1.79. The summed E-state index contributed by atoms with van der Waals surface area (Å²) in [5, 5.41) is 2.89. The van der Waals surface area contributed by atoms with Gasteiger partial charge in [-0.2, -0.15) is 0 Å². The molecule has 1 atom stereocenters. The minimum atomic E-state index is 0.0659. The van der Waals surface area contributed by atoms with Gasteiger partial charge in [-0.15, -0.1) is 0 Å². The third kappa shape index (κ3) is 5.50. The van der Waals surface area contributed by atoms with Crippen LogP contribution in [0.15, 0.2) is 12.3 Å². The maximum atomic E-state index is 5.32. The molecule has 0 aromatic rings. The Labute approximate surface area is 44.4 Å². The molecule has 0 saturated carbocycles. The van der Waals surface area contributed by atoms with Crippen LogP contribution in [0.25, 0.3) is 0 Å². The van der Waals surface area contributed by atoms with Gasteiger partial charge in [0.2, 0.25) is 0 Å². The molecule has 1 unspecified atom stereocenters. The van der Waals surface area contributed by atoms with Gasteiger partial charge in [-0.3, -0.25) is 0 Å². The van der Waals surface area contributed by atoms with Gasteiger partial charge in [0.15, 0.2) is 0 Å². The van der Waals surface area contributed by atoms with E-state index < -0.39 is 0 Å². The van der Waals surface area contributed by atoms with Gasteiger partial charge < -0.3 is 11.1 Å².